The molecule has 0 saturated heterocycles. The Kier molecular flexibility index (Phi) is 5.31. The molecule has 4 rings (SSSR count). The van der Waals surface area contributed by atoms with Crippen LogP contribution in [-0.4, -0.2) is 28.1 Å². The maximum atomic E-state index is 11.7. The lowest BCUT2D eigenvalue weighted by molar-refractivity contribution is -0.642. The third-order valence-corrected chi connectivity index (χ3v) is 4.52. The summed E-state index contributed by atoms with van der Waals surface area (Å²) in [5.41, 5.74) is 0.865. The van der Waals surface area contributed by atoms with Crippen molar-refractivity contribution in [1.29, 1.82) is 0 Å². The van der Waals surface area contributed by atoms with Gasteiger partial charge >= 0.3 is 5.95 Å². The van der Waals surface area contributed by atoms with Crippen molar-refractivity contribution in [2.45, 2.75) is 4.90 Å². The van der Waals surface area contributed by atoms with E-state index in [1.165, 1.54) is 24.5 Å². The van der Waals surface area contributed by atoms with Gasteiger partial charge in [-0.15, -0.1) is 0 Å². The van der Waals surface area contributed by atoms with Crippen LogP contribution < -0.4 is 9.98 Å². The molecular weight excluding hydrogens is 392 g/mol. The van der Waals surface area contributed by atoms with Crippen LogP contribution in [-0.2, 0) is 10.0 Å². The number of halogens is 1. The summed E-state index contributed by atoms with van der Waals surface area (Å²) in [6.07, 6.45) is 4.78. The number of hydrogen-bond donors (Lipinski definition) is 1. The lowest BCUT2D eigenvalue weighted by Crippen LogP contribution is -2.34. The molecule has 0 amide bonds. The zero-order valence-electron chi connectivity index (χ0n) is 13.7. The number of nitrogens with zero attached hydrogens (tertiary/aromatic N) is 5. The smallest absolute Gasteiger partial charge is 0.302 e. The van der Waals surface area contributed by atoms with Gasteiger partial charge in [-0.05, 0) is 29.1 Å². The minimum absolute atomic E-state index is 0.148. The van der Waals surface area contributed by atoms with Crippen LogP contribution in [0.3, 0.4) is 0 Å². The van der Waals surface area contributed by atoms with Crippen molar-refractivity contribution in [3.8, 4) is 5.95 Å². The van der Waals surface area contributed by atoms with Crippen molar-refractivity contribution in [2.75, 3.05) is 0 Å². The Morgan fingerprint density at radius 1 is 1.15 bits per heavy atom. The van der Waals surface area contributed by atoms with Crippen LogP contribution in [0.1, 0.15) is 0 Å². The van der Waals surface area contributed by atoms with Crippen molar-refractivity contribution in [3.05, 3.63) is 77.5 Å². The first-order valence-electron chi connectivity index (χ1n) is 7.48. The summed E-state index contributed by atoms with van der Waals surface area (Å²) in [7, 11) is -3.50. The molecule has 0 atom stereocenters. The van der Waals surface area contributed by atoms with Gasteiger partial charge in [0.25, 0.3) is 5.52 Å². The van der Waals surface area contributed by atoms with Gasteiger partial charge in [-0.2, -0.15) is 0 Å². The summed E-state index contributed by atoms with van der Waals surface area (Å²) < 4.78 is 22.8. The number of primary sulfonamides is 1. The molecule has 0 spiro atoms. The Hall–Kier alpha value is -3.08. The molecule has 0 aliphatic heterocycles. The van der Waals surface area contributed by atoms with E-state index in [1.54, 1.807) is 47.3 Å². The van der Waals surface area contributed by atoms with Gasteiger partial charge in [-0.1, -0.05) is 29.8 Å². The molecule has 0 radical (unpaired) electrons. The number of benzene rings is 2. The fourth-order valence-corrected chi connectivity index (χ4v) is 2.81. The molecule has 11 heteroatoms. The van der Waals surface area contributed by atoms with Crippen LogP contribution >= 0.6 is 11.6 Å². The first kappa shape index (κ1) is 18.7. The normalized spacial score (nSPS) is 11.0. The maximum absolute atomic E-state index is 11.7. The number of sulfonamides is 1. The second-order valence-electron chi connectivity index (χ2n) is 5.25. The van der Waals surface area contributed by atoms with Crippen LogP contribution in [0.25, 0.3) is 17.0 Å². The van der Waals surface area contributed by atoms with Gasteiger partial charge in [0, 0.05) is 23.5 Å². The fraction of sp³-hybridized carbons (Fsp3) is 0. The van der Waals surface area contributed by atoms with Gasteiger partial charge < -0.3 is 5.21 Å². The van der Waals surface area contributed by atoms with E-state index in [2.05, 4.69) is 15.1 Å². The predicted molar refractivity (Wildman–Crippen MR) is 98.4 cm³/mol. The third-order valence-electron chi connectivity index (χ3n) is 3.35. The molecule has 0 fully saturated rings. The highest BCUT2D eigenvalue weighted by Crippen LogP contribution is 2.14. The summed E-state index contributed by atoms with van der Waals surface area (Å²) in [6.45, 7) is 0. The van der Waals surface area contributed by atoms with Gasteiger partial charge in [0.05, 0.1) is 9.99 Å². The highest BCUT2D eigenvalue weighted by atomic mass is 35.5. The summed E-state index contributed by atoms with van der Waals surface area (Å²) >= 11 is 5.81. The highest BCUT2D eigenvalue weighted by molar-refractivity contribution is 7.89. The van der Waals surface area contributed by atoms with Crippen LogP contribution in [0.15, 0.2) is 72.1 Å². The highest BCUT2D eigenvalue weighted by Gasteiger charge is 2.12. The summed E-state index contributed by atoms with van der Waals surface area (Å²) in [6, 6.07) is 12.8. The molecule has 0 aliphatic rings. The number of hydrogen-bond acceptors (Lipinski definition) is 6. The van der Waals surface area contributed by atoms with Gasteiger partial charge in [0.2, 0.25) is 10.0 Å². The maximum Gasteiger partial charge on any atom is 0.302 e. The van der Waals surface area contributed by atoms with Crippen molar-refractivity contribution >= 4 is 32.7 Å². The van der Waals surface area contributed by atoms with E-state index >= 15 is 0 Å². The molecule has 2 N–H and O–H groups in total. The Labute approximate surface area is 159 Å². The van der Waals surface area contributed by atoms with E-state index in [-0.39, 0.29) is 10.8 Å². The van der Waals surface area contributed by atoms with Crippen molar-refractivity contribution in [2.24, 2.45) is 5.14 Å². The second kappa shape index (κ2) is 7.66. The molecule has 0 bridgehead atoms. The van der Waals surface area contributed by atoms with Crippen LogP contribution in [0.5, 0.6) is 0 Å². The molecule has 2 aromatic heterocycles. The quantitative estimate of drug-likeness (QED) is 0.397. The van der Waals surface area contributed by atoms with E-state index in [1.807, 2.05) is 0 Å². The molecular formula is C16H13ClN6O3S. The summed E-state index contributed by atoms with van der Waals surface area (Å²) in [5, 5.41) is 20.8. The first-order chi connectivity index (χ1) is 12.8. The van der Waals surface area contributed by atoms with E-state index in [4.69, 9.17) is 16.7 Å². The standard InChI is InChI=1S/C10H6ClN5O.C6H7NO2S/c11-7-1-2-8-9(5-7)16(17)14-10(13-8)15-4-3-12-6-15;7-10(8,9)6-4-2-1-3-5-6/h1-6H;1-5H,(H2,7,8,9). The molecule has 9 nitrogen and oxygen atoms in total. The van der Waals surface area contributed by atoms with Gasteiger partial charge in [-0.3, -0.25) is 4.57 Å². The van der Waals surface area contributed by atoms with Crippen LogP contribution in [0, 0.1) is 5.21 Å². The largest absolute Gasteiger partial charge is 0.594 e. The van der Waals surface area contributed by atoms with E-state index in [0.29, 0.717) is 20.9 Å². The number of rotatable bonds is 2. The minimum Gasteiger partial charge on any atom is -0.594 e. The summed E-state index contributed by atoms with van der Waals surface area (Å²) in [4.78, 5) is 8.78. The second-order valence-corrected chi connectivity index (χ2v) is 7.24. The minimum atomic E-state index is -3.50. The molecule has 2 heterocycles. The Balaban J connectivity index is 0.000000180. The topological polar surface area (TPSA) is 131 Å². The molecule has 27 heavy (non-hydrogen) atoms. The lowest BCUT2D eigenvalue weighted by atomic mass is 10.3. The molecule has 138 valence electrons. The van der Waals surface area contributed by atoms with E-state index in [9.17, 15) is 13.6 Å². The van der Waals surface area contributed by atoms with Gasteiger partial charge in [0.1, 0.15) is 11.8 Å². The van der Waals surface area contributed by atoms with Crippen molar-refractivity contribution in [1.82, 2.24) is 19.6 Å². The van der Waals surface area contributed by atoms with Crippen LogP contribution in [0.4, 0.5) is 0 Å². The zero-order chi connectivity index (χ0) is 19.4. The lowest BCUT2D eigenvalue weighted by Gasteiger charge is -2.02. The average molecular weight is 405 g/mol. The SMILES string of the molecule is NS(=O)(=O)c1ccccc1.[O-][n+]1nc(-n2ccnc2)nc2ccc(Cl)cc21. The first-order valence-corrected chi connectivity index (χ1v) is 9.40. The number of imidazole rings is 1. The monoisotopic (exact) mass is 404 g/mol. The number of aromatic nitrogens is 5. The fourth-order valence-electron chi connectivity index (χ4n) is 2.11. The average Bonchev–Trinajstić information content (AvgIpc) is 3.18. The molecule has 0 saturated carbocycles. The zero-order valence-corrected chi connectivity index (χ0v) is 15.2. The number of fused-ring (bicyclic) bond motifs is 1. The summed E-state index contributed by atoms with van der Waals surface area (Å²) in [5.74, 6) is 0.271. The van der Waals surface area contributed by atoms with Gasteiger partial charge in [0.15, 0.2) is 0 Å². The predicted octanol–water partition coefficient (Wildman–Crippen LogP) is 1.44. The van der Waals surface area contributed by atoms with Gasteiger partial charge in [-0.25, -0.2) is 23.5 Å². The van der Waals surface area contributed by atoms with Crippen molar-refractivity contribution in [3.63, 3.8) is 0 Å². The Bertz CT molecular complexity index is 1170. The van der Waals surface area contributed by atoms with E-state index < -0.39 is 10.0 Å². The molecule has 2 aromatic carbocycles. The molecule has 4 aromatic rings. The molecule has 0 unspecified atom stereocenters. The molecule has 0 aliphatic carbocycles. The van der Waals surface area contributed by atoms with Crippen molar-refractivity contribution < 1.29 is 13.3 Å². The third kappa shape index (κ3) is 4.56. The van der Waals surface area contributed by atoms with E-state index in [0.717, 1.165) is 0 Å². The number of nitrogens with two attached hydrogens (primary N) is 1. The van der Waals surface area contributed by atoms with Crippen LogP contribution in [0.2, 0.25) is 5.02 Å². The Morgan fingerprint density at radius 2 is 1.89 bits per heavy atom. The Morgan fingerprint density at radius 3 is 2.48 bits per heavy atom.